The first-order chi connectivity index (χ1) is 33.7. The lowest BCUT2D eigenvalue weighted by Crippen LogP contribution is -2.12. The topological polar surface area (TPSA) is 3.24 Å². The van der Waals surface area contributed by atoms with Gasteiger partial charge in [-0.25, -0.2) is 0 Å². The van der Waals surface area contributed by atoms with Crippen LogP contribution in [0.3, 0.4) is 0 Å². The van der Waals surface area contributed by atoms with Gasteiger partial charge in [-0.2, -0.15) is 0 Å². The summed E-state index contributed by atoms with van der Waals surface area (Å²) in [5, 5.41) is 9.97. The number of fused-ring (bicyclic) bond motifs is 7. The van der Waals surface area contributed by atoms with E-state index in [1.165, 1.54) is 108 Å². The Bertz CT molecular complexity index is 4000. The Morgan fingerprint density at radius 3 is 1.44 bits per heavy atom. The maximum absolute atomic E-state index is 2.50. The number of hydrogen-bond donors (Lipinski definition) is 0. The van der Waals surface area contributed by atoms with E-state index in [4.69, 9.17) is 0 Å². The van der Waals surface area contributed by atoms with E-state index in [0.717, 1.165) is 17.1 Å². The van der Waals surface area contributed by atoms with Gasteiger partial charge in [0.15, 0.2) is 0 Å². The van der Waals surface area contributed by atoms with Crippen molar-refractivity contribution in [3.8, 4) is 55.6 Å². The lowest BCUT2D eigenvalue weighted by Gasteiger charge is -2.31. The summed E-state index contributed by atoms with van der Waals surface area (Å²) in [4.78, 5) is 2.50. The average molecular weight is 882 g/mol. The highest BCUT2D eigenvalue weighted by molar-refractivity contribution is 7.26. The van der Waals surface area contributed by atoms with Gasteiger partial charge in [-0.05, 0) is 119 Å². The molecule has 13 aromatic rings. The van der Waals surface area contributed by atoms with E-state index in [1.54, 1.807) is 0 Å². The van der Waals surface area contributed by atoms with Crippen molar-refractivity contribution in [3.05, 3.63) is 261 Å². The number of nitrogens with zero attached hydrogens (tertiary/aromatic N) is 1. The quantitative estimate of drug-likeness (QED) is 0.137. The second kappa shape index (κ2) is 16.7. The van der Waals surface area contributed by atoms with Crippen molar-refractivity contribution in [3.63, 3.8) is 0 Å². The zero-order valence-corrected chi connectivity index (χ0v) is 38.0. The Hall–Kier alpha value is -8.56. The number of thiophene rings is 1. The summed E-state index contributed by atoms with van der Waals surface area (Å²) in [6.45, 7) is 0. The molecule has 0 radical (unpaired) electrons. The molecule has 0 saturated carbocycles. The van der Waals surface area contributed by atoms with Crippen molar-refractivity contribution in [2.24, 2.45) is 0 Å². The summed E-state index contributed by atoms with van der Waals surface area (Å²) >= 11 is 1.88. The first-order valence-corrected chi connectivity index (χ1v) is 24.1. The fourth-order valence-electron chi connectivity index (χ4n) is 10.3. The van der Waals surface area contributed by atoms with Crippen LogP contribution in [0, 0.1) is 0 Å². The van der Waals surface area contributed by atoms with E-state index in [-0.39, 0.29) is 0 Å². The molecule has 1 nitrogen and oxygen atoms in total. The van der Waals surface area contributed by atoms with Crippen LogP contribution >= 0.6 is 11.3 Å². The average Bonchev–Trinajstić information content (AvgIpc) is 3.81. The predicted molar refractivity (Wildman–Crippen MR) is 294 cm³/mol. The maximum atomic E-state index is 2.50. The molecule has 0 N–H and O–H groups in total. The molecular weight excluding hydrogens is 839 g/mol. The second-order valence-corrected chi connectivity index (χ2v) is 18.7. The summed E-state index contributed by atoms with van der Waals surface area (Å²) in [6.07, 6.45) is 0. The van der Waals surface area contributed by atoms with Crippen LogP contribution in [0.4, 0.5) is 17.1 Å². The molecule has 1 heterocycles. The molecule has 0 atom stereocenters. The monoisotopic (exact) mass is 881 g/mol. The highest BCUT2D eigenvalue weighted by atomic mass is 32.1. The molecule has 13 rings (SSSR count). The predicted octanol–water partition coefficient (Wildman–Crippen LogP) is 19.3. The van der Waals surface area contributed by atoms with Gasteiger partial charge in [0.1, 0.15) is 0 Å². The van der Waals surface area contributed by atoms with E-state index in [2.05, 4.69) is 266 Å². The molecule has 1 aromatic heterocycles. The normalized spacial score (nSPS) is 11.5. The van der Waals surface area contributed by atoms with Gasteiger partial charge in [-0.15, -0.1) is 11.3 Å². The van der Waals surface area contributed by atoms with E-state index in [9.17, 15) is 0 Å². The standard InChI is InChI=1S/C66H43NS/c1-2-14-44(15-3-1)51-18-12-19-52(42-51)48-30-28-46(29-31-48)47-34-38-54(39-35-47)67(55-40-36-49(37-41-55)56-25-13-26-62-59-22-10-11-27-63(59)68-66(56)62)65-61-24-9-7-21-58(61)57-20-6-8-23-60(57)64(65)53-33-32-45-16-4-5-17-50(45)43-53/h1-43H. The van der Waals surface area contributed by atoms with Crippen molar-refractivity contribution in [1.29, 1.82) is 0 Å². The number of benzene rings is 12. The fourth-order valence-corrected chi connectivity index (χ4v) is 11.6. The molecule has 12 aromatic carbocycles. The van der Waals surface area contributed by atoms with Gasteiger partial charge in [0.25, 0.3) is 0 Å². The molecule has 0 aliphatic heterocycles. The van der Waals surface area contributed by atoms with Crippen molar-refractivity contribution in [1.82, 2.24) is 0 Å². The van der Waals surface area contributed by atoms with Crippen LogP contribution in [-0.4, -0.2) is 0 Å². The van der Waals surface area contributed by atoms with E-state index < -0.39 is 0 Å². The largest absolute Gasteiger partial charge is 0.309 e. The summed E-state index contributed by atoms with van der Waals surface area (Å²) < 4.78 is 2.64. The van der Waals surface area contributed by atoms with Crippen LogP contribution in [0.15, 0.2) is 261 Å². The minimum absolute atomic E-state index is 1.09. The smallest absolute Gasteiger partial charge is 0.0624 e. The zero-order chi connectivity index (χ0) is 45.0. The van der Waals surface area contributed by atoms with Crippen LogP contribution in [-0.2, 0) is 0 Å². The van der Waals surface area contributed by atoms with Crippen LogP contribution in [0.2, 0.25) is 0 Å². The van der Waals surface area contributed by atoms with Gasteiger partial charge in [-0.3, -0.25) is 0 Å². The van der Waals surface area contributed by atoms with Crippen LogP contribution in [0.25, 0.3) is 108 Å². The lowest BCUT2D eigenvalue weighted by molar-refractivity contribution is 1.30. The molecule has 0 aliphatic carbocycles. The summed E-state index contributed by atoms with van der Waals surface area (Å²) in [6, 6.07) is 95.8. The molecule has 0 bridgehead atoms. The van der Waals surface area contributed by atoms with Gasteiger partial charge in [0, 0.05) is 42.5 Å². The van der Waals surface area contributed by atoms with Crippen molar-refractivity contribution in [2.75, 3.05) is 4.90 Å². The van der Waals surface area contributed by atoms with Gasteiger partial charge in [0.2, 0.25) is 0 Å². The molecule has 0 spiro atoms. The molecule has 68 heavy (non-hydrogen) atoms. The third-order valence-corrected chi connectivity index (χ3v) is 14.9. The van der Waals surface area contributed by atoms with E-state index in [0.29, 0.717) is 0 Å². The third kappa shape index (κ3) is 6.93. The number of rotatable bonds is 8. The molecule has 2 heteroatoms. The molecule has 0 aliphatic rings. The van der Waals surface area contributed by atoms with Crippen LogP contribution < -0.4 is 4.90 Å². The zero-order valence-electron chi connectivity index (χ0n) is 37.2. The first kappa shape index (κ1) is 39.8. The molecule has 0 saturated heterocycles. The Labute approximate surface area is 400 Å². The molecular formula is C66H43NS. The minimum atomic E-state index is 1.09. The summed E-state index contributed by atoms with van der Waals surface area (Å²) in [7, 11) is 0. The molecule has 0 amide bonds. The van der Waals surface area contributed by atoms with Gasteiger partial charge in [-0.1, -0.05) is 218 Å². The van der Waals surface area contributed by atoms with Gasteiger partial charge < -0.3 is 4.90 Å². The number of hydrogen-bond acceptors (Lipinski definition) is 2. The Balaban J connectivity index is 0.970. The van der Waals surface area contributed by atoms with E-state index in [1.807, 2.05) is 11.3 Å². The summed E-state index contributed by atoms with van der Waals surface area (Å²) in [5.41, 5.74) is 15.4. The van der Waals surface area contributed by atoms with Crippen molar-refractivity contribution >= 4 is 80.9 Å². The van der Waals surface area contributed by atoms with Gasteiger partial charge in [0.05, 0.1) is 5.69 Å². The Morgan fingerprint density at radius 1 is 0.265 bits per heavy atom. The minimum Gasteiger partial charge on any atom is -0.309 e. The van der Waals surface area contributed by atoms with Crippen molar-refractivity contribution < 1.29 is 0 Å². The highest BCUT2D eigenvalue weighted by Gasteiger charge is 2.24. The molecule has 0 fully saturated rings. The first-order valence-electron chi connectivity index (χ1n) is 23.3. The second-order valence-electron chi connectivity index (χ2n) is 17.6. The van der Waals surface area contributed by atoms with Crippen LogP contribution in [0.1, 0.15) is 0 Å². The fraction of sp³-hybridized carbons (Fsp3) is 0. The highest BCUT2D eigenvalue weighted by Crippen LogP contribution is 2.50. The van der Waals surface area contributed by atoms with E-state index >= 15 is 0 Å². The lowest BCUT2D eigenvalue weighted by atomic mass is 9.89. The third-order valence-electron chi connectivity index (χ3n) is 13.7. The molecule has 318 valence electrons. The van der Waals surface area contributed by atoms with Crippen molar-refractivity contribution in [2.45, 2.75) is 0 Å². The molecule has 0 unspecified atom stereocenters. The summed E-state index contributed by atoms with van der Waals surface area (Å²) in [5.74, 6) is 0. The van der Waals surface area contributed by atoms with Crippen LogP contribution in [0.5, 0.6) is 0 Å². The number of anilines is 3. The van der Waals surface area contributed by atoms with Gasteiger partial charge >= 0.3 is 0 Å². The Morgan fingerprint density at radius 2 is 0.735 bits per heavy atom. The SMILES string of the molecule is c1ccc(-c2cccc(-c3ccc(-c4ccc(N(c5ccc(-c6cccc7c6sc6ccccc67)cc5)c5c(-c6ccc7ccccc7c6)c6ccccc6c6ccccc56)cc4)cc3)c2)cc1. The maximum Gasteiger partial charge on any atom is 0.0624 e. The Kier molecular flexibility index (Phi) is 9.77.